The lowest BCUT2D eigenvalue weighted by Gasteiger charge is -2.11. The smallest absolute Gasteiger partial charge is 0.262 e. The van der Waals surface area contributed by atoms with Gasteiger partial charge in [-0.25, -0.2) is 8.42 Å². The minimum Gasteiger partial charge on any atom is -0.398 e. The molecule has 8 heteroatoms. The molecule has 0 fully saturated rings. The highest BCUT2D eigenvalue weighted by Crippen LogP contribution is 2.28. The summed E-state index contributed by atoms with van der Waals surface area (Å²) in [6.45, 7) is 3.35. The number of hydrogen-bond donors (Lipinski definition) is 2. The van der Waals surface area contributed by atoms with Gasteiger partial charge in [-0.1, -0.05) is 11.6 Å². The monoisotopic (exact) mass is 314 g/mol. The van der Waals surface area contributed by atoms with E-state index in [1.807, 2.05) is 0 Å². The lowest BCUT2D eigenvalue weighted by Crippen LogP contribution is -2.15. The van der Waals surface area contributed by atoms with Crippen molar-refractivity contribution in [3.05, 3.63) is 34.6 Å². The quantitative estimate of drug-likeness (QED) is 0.849. The van der Waals surface area contributed by atoms with Crippen LogP contribution in [0.5, 0.6) is 0 Å². The van der Waals surface area contributed by atoms with E-state index in [9.17, 15) is 8.42 Å². The van der Waals surface area contributed by atoms with Gasteiger partial charge in [0.25, 0.3) is 10.0 Å². The number of benzene rings is 1. The largest absolute Gasteiger partial charge is 0.398 e. The van der Waals surface area contributed by atoms with Crippen LogP contribution in [0.3, 0.4) is 0 Å². The molecule has 2 rings (SSSR count). The maximum absolute atomic E-state index is 12.4. The fraction of sp³-hybridized carbons (Fsp3) is 0.250. The standard InChI is InChI=1S/C12H15ClN4O2S/c1-7-10(14)4-9(13)5-12(7)20(18,19)16-11-6-17(3)15-8(11)2/h4-6,16H,14H2,1-3H3. The highest BCUT2D eigenvalue weighted by atomic mass is 35.5. The Kier molecular flexibility index (Phi) is 3.66. The van der Waals surface area contributed by atoms with E-state index >= 15 is 0 Å². The van der Waals surface area contributed by atoms with Crippen LogP contribution in [0.25, 0.3) is 0 Å². The zero-order chi connectivity index (χ0) is 15.1. The zero-order valence-corrected chi connectivity index (χ0v) is 12.9. The van der Waals surface area contributed by atoms with Gasteiger partial charge in [0.1, 0.15) is 0 Å². The van der Waals surface area contributed by atoms with Crippen LogP contribution < -0.4 is 10.5 Å². The van der Waals surface area contributed by atoms with E-state index in [4.69, 9.17) is 17.3 Å². The average Bonchev–Trinajstić information content (AvgIpc) is 2.61. The molecule has 0 atom stereocenters. The van der Waals surface area contributed by atoms with Crippen molar-refractivity contribution in [1.29, 1.82) is 0 Å². The van der Waals surface area contributed by atoms with Crippen molar-refractivity contribution < 1.29 is 8.42 Å². The van der Waals surface area contributed by atoms with E-state index in [0.717, 1.165) is 0 Å². The van der Waals surface area contributed by atoms with E-state index in [1.54, 1.807) is 27.1 Å². The third-order valence-electron chi connectivity index (χ3n) is 2.91. The van der Waals surface area contributed by atoms with Crippen molar-refractivity contribution in [3.63, 3.8) is 0 Å². The van der Waals surface area contributed by atoms with Crippen molar-refractivity contribution in [2.24, 2.45) is 7.05 Å². The van der Waals surface area contributed by atoms with E-state index in [0.29, 0.717) is 22.6 Å². The summed E-state index contributed by atoms with van der Waals surface area (Å²) in [5.41, 5.74) is 7.56. The molecular formula is C12H15ClN4O2S. The normalized spacial score (nSPS) is 11.6. The third-order valence-corrected chi connectivity index (χ3v) is 4.62. The summed E-state index contributed by atoms with van der Waals surface area (Å²) in [5.74, 6) is 0. The number of nitrogens with two attached hydrogens (primary N) is 1. The molecule has 3 N–H and O–H groups in total. The van der Waals surface area contributed by atoms with Gasteiger partial charge in [-0.15, -0.1) is 0 Å². The van der Waals surface area contributed by atoms with Crippen LogP contribution in [0.4, 0.5) is 11.4 Å². The van der Waals surface area contributed by atoms with Crippen LogP contribution in [0.15, 0.2) is 23.2 Å². The topological polar surface area (TPSA) is 90.0 Å². The van der Waals surface area contributed by atoms with E-state index < -0.39 is 10.0 Å². The van der Waals surface area contributed by atoms with Gasteiger partial charge >= 0.3 is 0 Å². The van der Waals surface area contributed by atoms with Gasteiger partial charge in [0.05, 0.1) is 16.3 Å². The molecule has 20 heavy (non-hydrogen) atoms. The lowest BCUT2D eigenvalue weighted by molar-refractivity contribution is 0.600. The molecule has 1 aromatic heterocycles. The molecular weight excluding hydrogens is 300 g/mol. The van der Waals surface area contributed by atoms with Crippen molar-refractivity contribution in [2.45, 2.75) is 18.7 Å². The summed E-state index contributed by atoms with van der Waals surface area (Å²) in [7, 11) is -2.05. The molecule has 0 radical (unpaired) electrons. The number of anilines is 2. The fourth-order valence-corrected chi connectivity index (χ4v) is 3.55. The van der Waals surface area contributed by atoms with Crippen molar-refractivity contribution >= 4 is 33.0 Å². The molecule has 1 heterocycles. The summed E-state index contributed by atoms with van der Waals surface area (Å²) < 4.78 is 28.9. The van der Waals surface area contributed by atoms with Gasteiger partial charge in [0.15, 0.2) is 0 Å². The zero-order valence-electron chi connectivity index (χ0n) is 11.3. The molecule has 0 saturated carbocycles. The Balaban J connectivity index is 2.49. The molecule has 0 bridgehead atoms. The van der Waals surface area contributed by atoms with Crippen molar-refractivity contribution in [3.8, 4) is 0 Å². The molecule has 0 unspecified atom stereocenters. The molecule has 108 valence electrons. The number of halogens is 1. The number of nitrogen functional groups attached to an aromatic ring is 1. The number of nitrogens with one attached hydrogen (secondary N) is 1. The minimum atomic E-state index is -3.77. The summed E-state index contributed by atoms with van der Waals surface area (Å²) in [6.07, 6.45) is 1.59. The number of aryl methyl sites for hydroxylation is 2. The van der Waals surface area contributed by atoms with Crippen LogP contribution in [0.2, 0.25) is 5.02 Å². The van der Waals surface area contributed by atoms with Crippen LogP contribution in [0, 0.1) is 13.8 Å². The number of sulfonamides is 1. The second-order valence-electron chi connectivity index (χ2n) is 4.53. The highest BCUT2D eigenvalue weighted by Gasteiger charge is 2.21. The van der Waals surface area contributed by atoms with E-state index in [2.05, 4.69) is 9.82 Å². The Bertz CT molecular complexity index is 768. The summed E-state index contributed by atoms with van der Waals surface area (Å²) in [4.78, 5) is 0.0609. The van der Waals surface area contributed by atoms with E-state index in [-0.39, 0.29) is 9.92 Å². The minimum absolute atomic E-state index is 0.0609. The number of aromatic nitrogens is 2. The molecule has 1 aromatic carbocycles. The second-order valence-corrected chi connectivity index (χ2v) is 6.61. The van der Waals surface area contributed by atoms with Gasteiger partial charge < -0.3 is 5.73 Å². The molecule has 2 aromatic rings. The SMILES string of the molecule is Cc1nn(C)cc1NS(=O)(=O)c1cc(Cl)cc(N)c1C. The number of nitrogens with zero attached hydrogens (tertiary/aromatic N) is 2. The Labute approximate surface area is 122 Å². The van der Waals surface area contributed by atoms with Crippen LogP contribution in [0.1, 0.15) is 11.3 Å². The maximum atomic E-state index is 12.4. The Morgan fingerprint density at radius 3 is 2.55 bits per heavy atom. The predicted octanol–water partition coefficient (Wildman–Crippen LogP) is 2.07. The molecule has 0 amide bonds. The molecule has 0 aliphatic rings. The molecule has 0 aliphatic heterocycles. The fourth-order valence-electron chi connectivity index (χ4n) is 1.85. The second kappa shape index (κ2) is 4.99. The average molecular weight is 315 g/mol. The first kappa shape index (κ1) is 14.7. The van der Waals surface area contributed by atoms with Crippen molar-refractivity contribution in [2.75, 3.05) is 10.5 Å². The van der Waals surface area contributed by atoms with Crippen LogP contribution in [-0.2, 0) is 17.1 Å². The first-order valence-corrected chi connectivity index (χ1v) is 7.65. The number of hydrogen-bond acceptors (Lipinski definition) is 4. The lowest BCUT2D eigenvalue weighted by atomic mass is 10.2. The Morgan fingerprint density at radius 2 is 2.00 bits per heavy atom. The van der Waals surface area contributed by atoms with Gasteiger partial charge in [-0.2, -0.15) is 5.10 Å². The molecule has 6 nitrogen and oxygen atoms in total. The van der Waals surface area contributed by atoms with Crippen molar-refractivity contribution in [1.82, 2.24) is 9.78 Å². The number of rotatable bonds is 3. The summed E-state index contributed by atoms with van der Waals surface area (Å²) >= 11 is 5.88. The van der Waals surface area contributed by atoms with Crippen LogP contribution >= 0.6 is 11.6 Å². The molecule has 0 saturated heterocycles. The molecule has 0 spiro atoms. The van der Waals surface area contributed by atoms with Gasteiger partial charge in [0.2, 0.25) is 0 Å². The van der Waals surface area contributed by atoms with Gasteiger partial charge in [0, 0.05) is 24.0 Å². The summed E-state index contributed by atoms with van der Waals surface area (Å²) in [6, 6.07) is 2.90. The highest BCUT2D eigenvalue weighted by molar-refractivity contribution is 7.92. The molecule has 0 aliphatic carbocycles. The predicted molar refractivity (Wildman–Crippen MR) is 79.4 cm³/mol. The summed E-state index contributed by atoms with van der Waals surface area (Å²) in [5, 5.41) is 4.36. The van der Waals surface area contributed by atoms with Gasteiger partial charge in [-0.05, 0) is 31.5 Å². The maximum Gasteiger partial charge on any atom is 0.262 e. The van der Waals surface area contributed by atoms with Crippen LogP contribution in [-0.4, -0.2) is 18.2 Å². The first-order chi connectivity index (χ1) is 9.20. The Hall–Kier alpha value is -1.73. The first-order valence-electron chi connectivity index (χ1n) is 5.79. The van der Waals surface area contributed by atoms with E-state index in [1.165, 1.54) is 16.8 Å². The van der Waals surface area contributed by atoms with Gasteiger partial charge in [-0.3, -0.25) is 9.40 Å². The third kappa shape index (κ3) is 2.73. The Morgan fingerprint density at radius 1 is 1.35 bits per heavy atom.